The van der Waals surface area contributed by atoms with Gasteiger partial charge in [0.05, 0.1) is 27.6 Å². The van der Waals surface area contributed by atoms with E-state index in [9.17, 15) is 0 Å². The molecule has 54 heavy (non-hydrogen) atoms. The molecule has 0 bridgehead atoms. The monoisotopic (exact) mass is 686 g/mol. The Morgan fingerprint density at radius 3 is 2.06 bits per heavy atom. The topological polar surface area (TPSA) is 35.1 Å². The van der Waals surface area contributed by atoms with Gasteiger partial charge in [-0.3, -0.25) is 4.57 Å². The van der Waals surface area contributed by atoms with E-state index in [0.717, 1.165) is 41.0 Å². The van der Waals surface area contributed by atoms with Crippen LogP contribution in [0.25, 0.3) is 115 Å². The zero-order valence-electron chi connectivity index (χ0n) is 29.2. The molecular weight excluding hydrogens is 657 g/mol. The Morgan fingerprint density at radius 1 is 0.481 bits per heavy atom. The molecule has 4 heteroatoms. The van der Waals surface area contributed by atoms with Crippen molar-refractivity contribution in [1.29, 1.82) is 0 Å². The van der Waals surface area contributed by atoms with Gasteiger partial charge in [-0.15, -0.1) is 0 Å². The molecule has 4 heterocycles. The maximum Gasteiger partial charge on any atom is 0.162 e. The summed E-state index contributed by atoms with van der Waals surface area (Å²) in [5.41, 5.74) is 9.61. The minimum absolute atomic E-state index is 0.720. The van der Waals surface area contributed by atoms with Gasteiger partial charge in [-0.25, -0.2) is 9.97 Å². The molecule has 0 aliphatic heterocycles. The number of benzene rings is 8. The molecule has 0 saturated carbocycles. The Balaban J connectivity index is 1.24. The molecule has 0 atom stereocenters. The minimum Gasteiger partial charge on any atom is -0.312 e. The Hall–Kier alpha value is -7.04. The van der Waals surface area contributed by atoms with Crippen molar-refractivity contribution >= 4 is 98.3 Å². The molecule has 0 saturated heterocycles. The number of aryl methyl sites for hydroxylation is 1. The number of fused-ring (bicyclic) bond motifs is 16. The maximum atomic E-state index is 5.64. The highest BCUT2D eigenvalue weighted by atomic mass is 15.1. The van der Waals surface area contributed by atoms with Gasteiger partial charge < -0.3 is 4.40 Å². The van der Waals surface area contributed by atoms with Gasteiger partial charge in [0.1, 0.15) is 5.82 Å². The molecule has 0 radical (unpaired) electrons. The quantitative estimate of drug-likeness (QED) is 0.170. The highest BCUT2D eigenvalue weighted by Crippen LogP contribution is 2.48. The first-order valence-electron chi connectivity index (χ1n) is 18.8. The lowest BCUT2D eigenvalue weighted by molar-refractivity contribution is 0.926. The predicted octanol–water partition coefficient (Wildman–Crippen LogP) is 12.8. The van der Waals surface area contributed by atoms with Crippen LogP contribution in [0.5, 0.6) is 0 Å². The van der Waals surface area contributed by atoms with Gasteiger partial charge >= 0.3 is 0 Å². The summed E-state index contributed by atoms with van der Waals surface area (Å²) in [6.07, 6.45) is 6.77. The van der Waals surface area contributed by atoms with E-state index in [4.69, 9.17) is 9.97 Å². The summed E-state index contributed by atoms with van der Waals surface area (Å²) in [6.45, 7) is 0. The number of hydrogen-bond donors (Lipinski definition) is 0. The van der Waals surface area contributed by atoms with E-state index in [1.54, 1.807) is 0 Å². The molecular formula is C50H30N4. The van der Waals surface area contributed by atoms with Gasteiger partial charge in [0.2, 0.25) is 0 Å². The molecule has 0 amide bonds. The molecule has 4 nitrogen and oxygen atoms in total. The van der Waals surface area contributed by atoms with E-state index in [1.807, 2.05) is 0 Å². The predicted molar refractivity (Wildman–Crippen MR) is 226 cm³/mol. The molecule has 8 aromatic carbocycles. The summed E-state index contributed by atoms with van der Waals surface area (Å²) in [5, 5.41) is 14.7. The molecule has 13 rings (SSSR count). The van der Waals surface area contributed by atoms with Gasteiger partial charge in [0.25, 0.3) is 0 Å². The summed E-state index contributed by atoms with van der Waals surface area (Å²) in [7, 11) is 0. The SMILES string of the molecule is C1=Cc2c(n3c4ccccc4c4cc5c6ccc7ccccc7c6n(-c6nc(-c7ccc8ccc9ccccc9c8c7)nc7ccccc67)c5c2c43)CC1. The van der Waals surface area contributed by atoms with Crippen LogP contribution in [0, 0.1) is 0 Å². The Labute approximate surface area is 309 Å². The van der Waals surface area contributed by atoms with E-state index < -0.39 is 0 Å². The van der Waals surface area contributed by atoms with Gasteiger partial charge in [0, 0.05) is 54.5 Å². The first kappa shape index (κ1) is 28.5. The summed E-state index contributed by atoms with van der Waals surface area (Å²) < 4.78 is 5.05. The molecule has 0 unspecified atom stereocenters. The third-order valence-electron chi connectivity index (χ3n) is 12.1. The third-order valence-corrected chi connectivity index (χ3v) is 12.1. The number of para-hydroxylation sites is 2. The van der Waals surface area contributed by atoms with Crippen molar-refractivity contribution in [1.82, 2.24) is 18.9 Å². The van der Waals surface area contributed by atoms with E-state index in [-0.39, 0.29) is 0 Å². The van der Waals surface area contributed by atoms with Crippen molar-refractivity contribution in [2.45, 2.75) is 12.8 Å². The molecule has 0 N–H and O–H groups in total. The van der Waals surface area contributed by atoms with Crippen LogP contribution in [0.2, 0.25) is 0 Å². The average Bonchev–Trinajstić information content (AvgIpc) is 3.88. The molecule has 250 valence electrons. The van der Waals surface area contributed by atoms with Crippen molar-refractivity contribution in [3.05, 3.63) is 163 Å². The van der Waals surface area contributed by atoms with Crippen LogP contribution in [0.1, 0.15) is 17.7 Å². The smallest absolute Gasteiger partial charge is 0.162 e. The lowest BCUT2D eigenvalue weighted by Crippen LogP contribution is -2.03. The molecule has 0 spiro atoms. The van der Waals surface area contributed by atoms with E-state index in [2.05, 4.69) is 167 Å². The third kappa shape index (κ3) is 3.62. The van der Waals surface area contributed by atoms with Gasteiger partial charge in [-0.1, -0.05) is 127 Å². The van der Waals surface area contributed by atoms with Crippen molar-refractivity contribution in [2.75, 3.05) is 0 Å². The van der Waals surface area contributed by atoms with E-state index >= 15 is 0 Å². The molecule has 12 aromatic rings. The lowest BCUT2D eigenvalue weighted by Gasteiger charge is -2.15. The first-order chi connectivity index (χ1) is 26.8. The summed E-state index contributed by atoms with van der Waals surface area (Å²) in [5.74, 6) is 1.62. The minimum atomic E-state index is 0.720. The molecule has 0 fully saturated rings. The summed E-state index contributed by atoms with van der Waals surface area (Å²) in [6, 6.07) is 53.0. The first-order valence-corrected chi connectivity index (χ1v) is 18.8. The lowest BCUT2D eigenvalue weighted by atomic mass is 9.98. The number of nitrogens with zero attached hydrogens (tertiary/aromatic N) is 4. The van der Waals surface area contributed by atoms with Crippen LogP contribution >= 0.6 is 0 Å². The number of rotatable bonds is 2. The Bertz CT molecular complexity index is 3620. The van der Waals surface area contributed by atoms with Crippen LogP contribution in [0.3, 0.4) is 0 Å². The number of aromatic nitrogens is 4. The van der Waals surface area contributed by atoms with Gasteiger partial charge in [-0.05, 0) is 70.1 Å². The maximum absolute atomic E-state index is 5.64. The highest BCUT2D eigenvalue weighted by molar-refractivity contribution is 6.31. The number of allylic oxidation sites excluding steroid dienone is 1. The largest absolute Gasteiger partial charge is 0.312 e. The van der Waals surface area contributed by atoms with E-state index in [1.165, 1.54) is 92.6 Å². The second kappa shape index (κ2) is 10.3. The summed E-state index contributed by atoms with van der Waals surface area (Å²) in [4.78, 5) is 10.9. The van der Waals surface area contributed by atoms with Crippen molar-refractivity contribution in [3.63, 3.8) is 0 Å². The fourth-order valence-corrected chi connectivity index (χ4v) is 9.74. The van der Waals surface area contributed by atoms with Crippen molar-refractivity contribution < 1.29 is 0 Å². The van der Waals surface area contributed by atoms with Gasteiger partial charge in [-0.2, -0.15) is 0 Å². The second-order valence-electron chi connectivity index (χ2n) is 14.8. The zero-order valence-corrected chi connectivity index (χ0v) is 29.2. The Kier molecular flexibility index (Phi) is 5.44. The zero-order chi connectivity index (χ0) is 35.1. The normalized spacial score (nSPS) is 13.3. The summed E-state index contributed by atoms with van der Waals surface area (Å²) >= 11 is 0. The van der Waals surface area contributed by atoms with Crippen LogP contribution < -0.4 is 0 Å². The fourth-order valence-electron chi connectivity index (χ4n) is 9.74. The molecule has 1 aliphatic rings. The number of hydrogen-bond acceptors (Lipinski definition) is 2. The van der Waals surface area contributed by atoms with Crippen LogP contribution in [-0.4, -0.2) is 18.9 Å². The molecule has 1 aliphatic carbocycles. The van der Waals surface area contributed by atoms with Crippen molar-refractivity contribution in [3.8, 4) is 17.2 Å². The van der Waals surface area contributed by atoms with Crippen LogP contribution in [0.15, 0.2) is 152 Å². The Morgan fingerprint density at radius 2 is 1.17 bits per heavy atom. The van der Waals surface area contributed by atoms with Crippen molar-refractivity contribution in [2.24, 2.45) is 0 Å². The highest BCUT2D eigenvalue weighted by Gasteiger charge is 2.28. The van der Waals surface area contributed by atoms with Crippen LogP contribution in [-0.2, 0) is 6.42 Å². The second-order valence-corrected chi connectivity index (χ2v) is 14.8. The molecule has 4 aromatic heterocycles. The van der Waals surface area contributed by atoms with Gasteiger partial charge in [0.15, 0.2) is 5.82 Å². The van der Waals surface area contributed by atoms with Crippen LogP contribution in [0.4, 0.5) is 0 Å². The fraction of sp³-hybridized carbons (Fsp3) is 0.0400. The standard InChI is InChI=1S/C50H30N4/c1-3-13-33-29(11-1)21-22-31-23-24-32(27-39(31)33)49-51-42-18-8-5-16-37(42)50(52-49)54-46-34-14-4-2-12-30(34)25-26-36(46)41-28-40-35-15-6-9-19-43(35)53-44-20-10-7-17-38(44)45(47(40)53)48(41)54/h1-9,11-19,21-28H,10,20H2. The van der Waals surface area contributed by atoms with E-state index in [0.29, 0.717) is 0 Å². The average molecular weight is 687 g/mol.